The van der Waals surface area contributed by atoms with Crippen LogP contribution < -0.4 is 5.32 Å². The lowest BCUT2D eigenvalue weighted by atomic mass is 10.3. The molecule has 1 amide bonds. The summed E-state index contributed by atoms with van der Waals surface area (Å²) in [7, 11) is 0. The van der Waals surface area contributed by atoms with Gasteiger partial charge in [0.1, 0.15) is 5.69 Å². The third-order valence-electron chi connectivity index (χ3n) is 3.80. The van der Waals surface area contributed by atoms with E-state index < -0.39 is 0 Å². The Morgan fingerprint density at radius 1 is 1.21 bits per heavy atom. The highest BCUT2D eigenvalue weighted by Crippen LogP contribution is 2.22. The van der Waals surface area contributed by atoms with Crippen molar-refractivity contribution >= 4 is 23.3 Å². The van der Waals surface area contributed by atoms with Crippen molar-refractivity contribution in [3.8, 4) is 5.69 Å². The van der Waals surface area contributed by atoms with Crippen molar-refractivity contribution in [3.63, 3.8) is 0 Å². The molecule has 24 heavy (non-hydrogen) atoms. The van der Waals surface area contributed by atoms with E-state index in [1.54, 1.807) is 10.7 Å². The van der Waals surface area contributed by atoms with E-state index in [-0.39, 0.29) is 11.9 Å². The number of halogens is 1. The average Bonchev–Trinajstić information content (AvgIpc) is 3.15. The Balaban J connectivity index is 1.88. The van der Waals surface area contributed by atoms with Gasteiger partial charge in [-0.25, -0.2) is 4.68 Å². The normalized spacial score (nSPS) is 11.0. The fraction of sp³-hybridized carbons (Fsp3) is 0.222. The van der Waals surface area contributed by atoms with Gasteiger partial charge in [0.05, 0.1) is 10.7 Å². The number of para-hydroxylation sites is 1. The van der Waals surface area contributed by atoms with E-state index >= 15 is 0 Å². The smallest absolute Gasteiger partial charge is 0.273 e. The van der Waals surface area contributed by atoms with Crippen LogP contribution in [0.3, 0.4) is 0 Å². The van der Waals surface area contributed by atoms with Gasteiger partial charge in [0, 0.05) is 24.0 Å². The summed E-state index contributed by atoms with van der Waals surface area (Å²) in [6.07, 6.45) is 3.74. The van der Waals surface area contributed by atoms with E-state index in [4.69, 9.17) is 11.6 Å². The predicted octanol–water partition coefficient (Wildman–Crippen LogP) is 4.47. The Morgan fingerprint density at radius 2 is 1.96 bits per heavy atom. The number of rotatable bonds is 4. The zero-order valence-corrected chi connectivity index (χ0v) is 14.6. The van der Waals surface area contributed by atoms with Gasteiger partial charge in [-0.3, -0.25) is 4.79 Å². The number of benzene rings is 1. The summed E-state index contributed by atoms with van der Waals surface area (Å²) in [4.78, 5) is 12.6. The lowest BCUT2D eigenvalue weighted by molar-refractivity contribution is 0.101. The molecule has 3 aromatic rings. The molecule has 0 saturated carbocycles. The van der Waals surface area contributed by atoms with Crippen molar-refractivity contribution in [2.75, 3.05) is 5.32 Å². The molecule has 3 rings (SSSR count). The van der Waals surface area contributed by atoms with E-state index in [2.05, 4.69) is 10.4 Å². The average molecular weight is 343 g/mol. The zero-order valence-electron chi connectivity index (χ0n) is 13.8. The maximum atomic E-state index is 12.6. The molecule has 0 aliphatic rings. The summed E-state index contributed by atoms with van der Waals surface area (Å²) >= 11 is 6.21. The van der Waals surface area contributed by atoms with Crippen molar-refractivity contribution < 1.29 is 4.79 Å². The second kappa shape index (κ2) is 6.53. The zero-order chi connectivity index (χ0) is 17.3. The first-order chi connectivity index (χ1) is 11.5. The maximum absolute atomic E-state index is 12.6. The second-order valence-corrected chi connectivity index (χ2v) is 6.31. The van der Waals surface area contributed by atoms with Gasteiger partial charge in [-0.2, -0.15) is 0 Å². The van der Waals surface area contributed by atoms with Gasteiger partial charge in [-0.05, 0) is 45.0 Å². The number of nitrogens with zero attached hydrogens (tertiary/aromatic N) is 3. The number of aromatic nitrogens is 3. The van der Waals surface area contributed by atoms with Crippen LogP contribution in [0, 0.1) is 6.92 Å². The molecular formula is C18H19ClN4O. The van der Waals surface area contributed by atoms with Crippen molar-refractivity contribution in [2.45, 2.75) is 26.8 Å². The standard InChI is InChI=1S/C18H19ClN4O/c1-12(2)22-10-6-9-16(22)18(24)20-17-13(3)11-23(21-17)15-8-5-4-7-14(15)19/h4-12H,1-3H3,(H,20,21,24). The molecular weight excluding hydrogens is 324 g/mol. The molecule has 0 fully saturated rings. The molecule has 0 unspecified atom stereocenters. The van der Waals surface area contributed by atoms with Crippen LogP contribution in [0.1, 0.15) is 35.9 Å². The molecule has 2 aromatic heterocycles. The highest BCUT2D eigenvalue weighted by molar-refractivity contribution is 6.32. The van der Waals surface area contributed by atoms with Gasteiger partial charge >= 0.3 is 0 Å². The molecule has 0 atom stereocenters. The number of anilines is 1. The van der Waals surface area contributed by atoms with Crippen LogP contribution in [0.5, 0.6) is 0 Å². The van der Waals surface area contributed by atoms with Crippen LogP contribution in [0.2, 0.25) is 5.02 Å². The minimum absolute atomic E-state index is 0.179. The first kappa shape index (κ1) is 16.3. The van der Waals surface area contributed by atoms with Crippen LogP contribution in [0.15, 0.2) is 48.8 Å². The summed E-state index contributed by atoms with van der Waals surface area (Å²) < 4.78 is 3.60. The molecule has 124 valence electrons. The molecule has 0 bridgehead atoms. The SMILES string of the molecule is Cc1cn(-c2ccccc2Cl)nc1NC(=O)c1cccn1C(C)C. The fourth-order valence-electron chi connectivity index (χ4n) is 2.55. The molecule has 0 aliphatic heterocycles. The molecule has 2 heterocycles. The second-order valence-electron chi connectivity index (χ2n) is 5.91. The summed E-state index contributed by atoms with van der Waals surface area (Å²) in [6.45, 7) is 5.97. The maximum Gasteiger partial charge on any atom is 0.273 e. The van der Waals surface area contributed by atoms with Gasteiger partial charge in [0.25, 0.3) is 5.91 Å². The monoisotopic (exact) mass is 342 g/mol. The molecule has 0 spiro atoms. The number of carbonyl (C=O) groups excluding carboxylic acids is 1. The third-order valence-corrected chi connectivity index (χ3v) is 4.12. The lowest BCUT2D eigenvalue weighted by Gasteiger charge is -2.12. The minimum Gasteiger partial charge on any atom is -0.341 e. The summed E-state index contributed by atoms with van der Waals surface area (Å²) in [6, 6.07) is 11.3. The van der Waals surface area contributed by atoms with Gasteiger partial charge < -0.3 is 9.88 Å². The molecule has 1 aromatic carbocycles. The highest BCUT2D eigenvalue weighted by Gasteiger charge is 2.16. The number of hydrogen-bond donors (Lipinski definition) is 1. The summed E-state index contributed by atoms with van der Waals surface area (Å²) in [5.74, 6) is 0.345. The first-order valence-corrected chi connectivity index (χ1v) is 8.14. The Kier molecular flexibility index (Phi) is 4.44. The predicted molar refractivity (Wildman–Crippen MR) is 96.1 cm³/mol. The van der Waals surface area contributed by atoms with E-state index in [1.807, 2.05) is 68.1 Å². The quantitative estimate of drug-likeness (QED) is 0.760. The molecule has 0 radical (unpaired) electrons. The van der Waals surface area contributed by atoms with Crippen LogP contribution in [0.25, 0.3) is 5.69 Å². The number of amides is 1. The highest BCUT2D eigenvalue weighted by atomic mass is 35.5. The van der Waals surface area contributed by atoms with Gasteiger partial charge in [-0.1, -0.05) is 23.7 Å². The van der Waals surface area contributed by atoms with Crippen molar-refractivity contribution in [1.82, 2.24) is 14.3 Å². The fourth-order valence-corrected chi connectivity index (χ4v) is 2.77. The van der Waals surface area contributed by atoms with E-state index in [0.29, 0.717) is 16.5 Å². The lowest BCUT2D eigenvalue weighted by Crippen LogP contribution is -2.18. The van der Waals surface area contributed by atoms with Crippen molar-refractivity contribution in [1.29, 1.82) is 0 Å². The van der Waals surface area contributed by atoms with Gasteiger partial charge in [-0.15, -0.1) is 5.10 Å². The van der Waals surface area contributed by atoms with Gasteiger partial charge in [0.2, 0.25) is 0 Å². The van der Waals surface area contributed by atoms with Gasteiger partial charge in [0.15, 0.2) is 5.82 Å². The number of carbonyl (C=O) groups is 1. The Bertz CT molecular complexity index is 879. The van der Waals surface area contributed by atoms with Crippen LogP contribution >= 0.6 is 11.6 Å². The topological polar surface area (TPSA) is 51.9 Å². The first-order valence-electron chi connectivity index (χ1n) is 7.76. The largest absolute Gasteiger partial charge is 0.341 e. The molecule has 5 nitrogen and oxygen atoms in total. The molecule has 6 heteroatoms. The number of nitrogens with one attached hydrogen (secondary N) is 1. The molecule has 0 aliphatic carbocycles. The Morgan fingerprint density at radius 3 is 2.67 bits per heavy atom. The van der Waals surface area contributed by atoms with Crippen molar-refractivity contribution in [2.24, 2.45) is 0 Å². The Hall–Kier alpha value is -2.53. The molecule has 0 saturated heterocycles. The number of aryl methyl sites for hydroxylation is 1. The van der Waals surface area contributed by atoms with E-state index in [1.165, 1.54) is 0 Å². The van der Waals surface area contributed by atoms with Crippen LogP contribution in [0.4, 0.5) is 5.82 Å². The van der Waals surface area contributed by atoms with Crippen molar-refractivity contribution in [3.05, 3.63) is 65.1 Å². The summed E-state index contributed by atoms with van der Waals surface area (Å²) in [5.41, 5.74) is 2.25. The Labute approximate surface area is 145 Å². The van der Waals surface area contributed by atoms with E-state index in [0.717, 1.165) is 11.3 Å². The molecule has 1 N–H and O–H groups in total. The van der Waals surface area contributed by atoms with Crippen LogP contribution in [-0.4, -0.2) is 20.3 Å². The van der Waals surface area contributed by atoms with Crippen LogP contribution in [-0.2, 0) is 0 Å². The third kappa shape index (κ3) is 3.08. The summed E-state index contributed by atoms with van der Waals surface area (Å²) in [5, 5.41) is 7.94. The number of hydrogen-bond acceptors (Lipinski definition) is 2. The van der Waals surface area contributed by atoms with E-state index in [9.17, 15) is 4.79 Å². The minimum atomic E-state index is -0.179.